The number of halogens is 4. The number of aryl methyl sites for hydroxylation is 1. The van der Waals surface area contributed by atoms with Gasteiger partial charge in [-0.2, -0.15) is 13.2 Å². The lowest BCUT2D eigenvalue weighted by atomic mass is 9.77. The van der Waals surface area contributed by atoms with E-state index in [1.165, 1.54) is 6.07 Å². The van der Waals surface area contributed by atoms with Crippen molar-refractivity contribution in [3.05, 3.63) is 52.6 Å². The van der Waals surface area contributed by atoms with Gasteiger partial charge in [0.05, 0.1) is 30.8 Å². The Labute approximate surface area is 266 Å². The first-order valence-corrected chi connectivity index (χ1v) is 15.7. The van der Waals surface area contributed by atoms with Crippen LogP contribution in [0.2, 0.25) is 0 Å². The fourth-order valence-electron chi connectivity index (χ4n) is 6.69. The summed E-state index contributed by atoms with van der Waals surface area (Å²) in [4.78, 5) is 26.8. The Kier molecular flexibility index (Phi) is 10.2. The van der Waals surface area contributed by atoms with Crippen LogP contribution in [0.4, 0.5) is 29.1 Å². The molecule has 2 aromatic carbocycles. The number of rotatable bonds is 9. The molecule has 0 radical (unpaired) electrons. The fraction of sp³-hybridized carbons (Fsp3) is 0.545. The number of aromatic nitrogens is 2. The summed E-state index contributed by atoms with van der Waals surface area (Å²) in [6.07, 6.45) is -1.77. The van der Waals surface area contributed by atoms with Crippen molar-refractivity contribution >= 4 is 28.3 Å². The van der Waals surface area contributed by atoms with Crippen molar-refractivity contribution in [1.82, 2.24) is 19.8 Å². The van der Waals surface area contributed by atoms with Crippen LogP contribution in [0.5, 0.6) is 5.75 Å². The standard InChI is InChI=1S/C33H42F4N6O3/c1-19(24-15-23(38)16-27(30(24)34)33(35,36)37)39-31-26-17-25(29(46-4)18-28(26)40-20(2)41-31)21-5-7-22(8-6-21)32(44)43-11-9-42(10-12-43)13-14-45-3/h15-19,21-22H,5-14,38H2,1-4H3,(H,39,40,41)/t19-,21?,22?/m1/s1. The summed E-state index contributed by atoms with van der Waals surface area (Å²) in [7, 11) is 3.29. The minimum Gasteiger partial charge on any atom is -0.496 e. The van der Waals surface area contributed by atoms with E-state index in [1.807, 2.05) is 17.0 Å². The van der Waals surface area contributed by atoms with Crippen molar-refractivity contribution in [3.63, 3.8) is 0 Å². The Morgan fingerprint density at radius 1 is 1.07 bits per heavy atom. The number of nitrogens with zero attached hydrogens (tertiary/aromatic N) is 4. The van der Waals surface area contributed by atoms with Gasteiger partial charge in [-0.15, -0.1) is 0 Å². The highest BCUT2D eigenvalue weighted by molar-refractivity contribution is 5.91. The second kappa shape index (κ2) is 14.0. The number of ether oxygens (including phenoxy) is 2. The summed E-state index contributed by atoms with van der Waals surface area (Å²) in [5, 5.41) is 3.75. The molecule has 5 rings (SSSR count). The second-order valence-electron chi connectivity index (χ2n) is 12.3. The molecule has 0 spiro atoms. The van der Waals surface area contributed by atoms with Gasteiger partial charge in [-0.1, -0.05) is 0 Å². The Bertz CT molecular complexity index is 1550. The fourth-order valence-corrected chi connectivity index (χ4v) is 6.69. The monoisotopic (exact) mass is 646 g/mol. The quantitative estimate of drug-likeness (QED) is 0.218. The number of amides is 1. The van der Waals surface area contributed by atoms with Crippen molar-refractivity contribution < 1.29 is 31.8 Å². The van der Waals surface area contributed by atoms with Gasteiger partial charge in [0.2, 0.25) is 5.91 Å². The van der Waals surface area contributed by atoms with E-state index in [0.717, 1.165) is 64.0 Å². The molecule has 250 valence electrons. The molecule has 0 unspecified atom stereocenters. The molecule has 1 atom stereocenters. The zero-order valence-corrected chi connectivity index (χ0v) is 26.7. The molecule has 1 amide bonds. The molecule has 1 aliphatic heterocycles. The van der Waals surface area contributed by atoms with Crippen LogP contribution in [0.1, 0.15) is 67.1 Å². The number of hydrogen-bond donors (Lipinski definition) is 2. The van der Waals surface area contributed by atoms with E-state index in [9.17, 15) is 18.0 Å². The number of nitrogen functional groups attached to an aromatic ring is 1. The Morgan fingerprint density at radius 2 is 1.76 bits per heavy atom. The number of fused-ring (bicyclic) bond motifs is 1. The maximum atomic E-state index is 15.1. The summed E-state index contributed by atoms with van der Waals surface area (Å²) in [5.74, 6) is 0.417. The lowest BCUT2D eigenvalue weighted by molar-refractivity contribution is -0.140. The zero-order chi connectivity index (χ0) is 33.2. The minimum absolute atomic E-state index is 0.0212. The summed E-state index contributed by atoms with van der Waals surface area (Å²) >= 11 is 0. The maximum Gasteiger partial charge on any atom is 0.419 e. The highest BCUT2D eigenvalue weighted by Gasteiger charge is 2.36. The van der Waals surface area contributed by atoms with Gasteiger partial charge in [-0.25, -0.2) is 14.4 Å². The van der Waals surface area contributed by atoms with E-state index < -0.39 is 23.6 Å². The first-order chi connectivity index (χ1) is 21.9. The highest BCUT2D eigenvalue weighted by atomic mass is 19.4. The summed E-state index contributed by atoms with van der Waals surface area (Å²) in [5.41, 5.74) is 5.45. The number of anilines is 2. The molecular formula is C33H42F4N6O3. The highest BCUT2D eigenvalue weighted by Crippen LogP contribution is 2.43. The van der Waals surface area contributed by atoms with Crippen LogP contribution >= 0.6 is 0 Å². The SMILES string of the molecule is COCCN1CCN(C(=O)C2CCC(c3cc4c(N[C@H](C)c5cc(N)cc(C(F)(F)F)c5F)nc(C)nc4cc3OC)CC2)CC1. The summed E-state index contributed by atoms with van der Waals surface area (Å²) in [6, 6.07) is 4.69. The molecule has 3 aromatic rings. The van der Waals surface area contributed by atoms with Crippen molar-refractivity contribution in [2.75, 3.05) is 64.6 Å². The van der Waals surface area contributed by atoms with Gasteiger partial charge < -0.3 is 25.4 Å². The van der Waals surface area contributed by atoms with Gasteiger partial charge >= 0.3 is 6.18 Å². The average molecular weight is 647 g/mol. The van der Waals surface area contributed by atoms with Gasteiger partial charge in [0.1, 0.15) is 23.2 Å². The van der Waals surface area contributed by atoms with Gasteiger partial charge in [0, 0.05) is 68.5 Å². The van der Waals surface area contributed by atoms with E-state index in [0.29, 0.717) is 41.0 Å². The van der Waals surface area contributed by atoms with Gasteiger partial charge in [-0.3, -0.25) is 9.69 Å². The third-order valence-electron chi connectivity index (χ3n) is 9.22. The van der Waals surface area contributed by atoms with Gasteiger partial charge in [0.15, 0.2) is 0 Å². The number of carbonyl (C=O) groups excluding carboxylic acids is 1. The number of nitrogens with two attached hydrogens (primary N) is 1. The number of benzene rings is 2. The van der Waals surface area contributed by atoms with Crippen molar-refractivity contribution in [2.24, 2.45) is 5.92 Å². The Morgan fingerprint density at radius 3 is 2.39 bits per heavy atom. The smallest absolute Gasteiger partial charge is 0.419 e. The van der Waals surface area contributed by atoms with E-state index in [4.69, 9.17) is 15.2 Å². The first-order valence-electron chi connectivity index (χ1n) is 15.7. The normalized spacial score (nSPS) is 20.1. The number of alkyl halides is 3. The van der Waals surface area contributed by atoms with E-state index >= 15 is 4.39 Å². The van der Waals surface area contributed by atoms with Crippen LogP contribution in [0.3, 0.4) is 0 Å². The van der Waals surface area contributed by atoms with Crippen LogP contribution in [-0.4, -0.2) is 79.2 Å². The third-order valence-corrected chi connectivity index (χ3v) is 9.22. The predicted molar refractivity (Wildman–Crippen MR) is 168 cm³/mol. The molecule has 3 N–H and O–H groups in total. The molecule has 9 nitrogen and oxygen atoms in total. The topological polar surface area (TPSA) is 106 Å². The Balaban J connectivity index is 1.34. The molecule has 2 aliphatic rings. The molecule has 1 saturated carbocycles. The molecule has 0 bridgehead atoms. The van der Waals surface area contributed by atoms with Crippen molar-refractivity contribution in [2.45, 2.75) is 57.7 Å². The van der Waals surface area contributed by atoms with Crippen LogP contribution in [0.25, 0.3) is 10.9 Å². The van der Waals surface area contributed by atoms with E-state index in [2.05, 4.69) is 20.2 Å². The zero-order valence-electron chi connectivity index (χ0n) is 26.7. The lowest BCUT2D eigenvalue weighted by Crippen LogP contribution is -2.51. The summed E-state index contributed by atoms with van der Waals surface area (Å²) < 4.78 is 66.5. The van der Waals surface area contributed by atoms with Crippen LogP contribution in [-0.2, 0) is 15.7 Å². The average Bonchev–Trinajstić information content (AvgIpc) is 3.03. The predicted octanol–water partition coefficient (Wildman–Crippen LogP) is 5.92. The number of hydrogen-bond acceptors (Lipinski definition) is 8. The number of carbonyl (C=O) groups is 1. The molecule has 1 aromatic heterocycles. The van der Waals surface area contributed by atoms with Gasteiger partial charge in [-0.05, 0) is 69.2 Å². The van der Waals surface area contributed by atoms with E-state index in [1.54, 1.807) is 28.1 Å². The van der Waals surface area contributed by atoms with Crippen LogP contribution in [0, 0.1) is 18.7 Å². The number of methoxy groups -OCH3 is 2. The van der Waals surface area contributed by atoms with Crippen LogP contribution < -0.4 is 15.8 Å². The van der Waals surface area contributed by atoms with Crippen LogP contribution in [0.15, 0.2) is 24.3 Å². The maximum absolute atomic E-state index is 15.1. The van der Waals surface area contributed by atoms with Crippen molar-refractivity contribution in [3.8, 4) is 5.75 Å². The molecule has 1 aliphatic carbocycles. The number of piperazine rings is 1. The second-order valence-corrected chi connectivity index (χ2v) is 12.3. The van der Waals surface area contributed by atoms with Crippen molar-refractivity contribution in [1.29, 1.82) is 0 Å². The van der Waals surface area contributed by atoms with Gasteiger partial charge in [0.25, 0.3) is 0 Å². The molecule has 2 heterocycles. The lowest BCUT2D eigenvalue weighted by Gasteiger charge is -2.38. The largest absolute Gasteiger partial charge is 0.496 e. The molecular weight excluding hydrogens is 604 g/mol. The third kappa shape index (κ3) is 7.30. The molecule has 2 fully saturated rings. The first kappa shape index (κ1) is 33.6. The minimum atomic E-state index is -4.89. The Hall–Kier alpha value is -3.71. The molecule has 1 saturated heterocycles. The number of nitrogens with one attached hydrogen (secondary N) is 1. The molecule has 46 heavy (non-hydrogen) atoms. The van der Waals surface area contributed by atoms with E-state index in [-0.39, 0.29) is 29.0 Å². The molecule has 13 heteroatoms. The summed E-state index contributed by atoms with van der Waals surface area (Å²) in [6.45, 7) is 7.97.